The highest BCUT2D eigenvalue weighted by molar-refractivity contribution is 7.18. The summed E-state index contributed by atoms with van der Waals surface area (Å²) in [5.74, 6) is -0.0683. The smallest absolute Gasteiger partial charge is 0.206 e. The molecule has 2 aromatic carbocycles. The molecule has 9 heteroatoms. The Balaban J connectivity index is 1.63. The molecule has 0 atom stereocenters. The highest BCUT2D eigenvalue weighted by atomic mass is 32.1. The van der Waals surface area contributed by atoms with Crippen LogP contribution < -0.4 is 20.5 Å². The van der Waals surface area contributed by atoms with E-state index in [1.54, 1.807) is 0 Å². The number of halogens is 1. The summed E-state index contributed by atoms with van der Waals surface area (Å²) in [6, 6.07) is 11.5. The van der Waals surface area contributed by atoms with Crippen molar-refractivity contribution in [2.75, 3.05) is 44.4 Å². The summed E-state index contributed by atoms with van der Waals surface area (Å²) in [6.07, 6.45) is 0. The van der Waals surface area contributed by atoms with E-state index in [0.29, 0.717) is 11.7 Å². The second kappa shape index (κ2) is 10.9. The fraction of sp³-hybridized carbons (Fsp3) is 0.304. The molecule has 7 nitrogen and oxygen atoms in total. The van der Waals surface area contributed by atoms with Gasteiger partial charge in [0.15, 0.2) is 16.7 Å². The van der Waals surface area contributed by atoms with Crippen molar-refractivity contribution < 1.29 is 18.7 Å². The number of thiazole rings is 1. The predicted octanol–water partition coefficient (Wildman–Crippen LogP) is 4.57. The Morgan fingerprint density at radius 1 is 1.19 bits per heavy atom. The molecule has 0 spiro atoms. The van der Waals surface area contributed by atoms with Crippen LogP contribution in [0.15, 0.2) is 42.5 Å². The van der Waals surface area contributed by atoms with Gasteiger partial charge >= 0.3 is 0 Å². The van der Waals surface area contributed by atoms with Gasteiger partial charge in [-0.05, 0) is 55.6 Å². The van der Waals surface area contributed by atoms with Gasteiger partial charge in [-0.25, -0.2) is 9.37 Å². The van der Waals surface area contributed by atoms with Crippen molar-refractivity contribution in [2.45, 2.75) is 13.8 Å². The summed E-state index contributed by atoms with van der Waals surface area (Å²) >= 11 is 1.11. The van der Waals surface area contributed by atoms with Gasteiger partial charge < -0.3 is 25.4 Å². The zero-order chi connectivity index (χ0) is 23.1. The minimum absolute atomic E-state index is 0.0710. The average molecular weight is 459 g/mol. The quantitative estimate of drug-likeness (QED) is 0.407. The van der Waals surface area contributed by atoms with E-state index < -0.39 is 11.6 Å². The highest BCUT2D eigenvalue weighted by Crippen LogP contribution is 2.31. The number of nitrogens with one attached hydrogen (secondary N) is 1. The van der Waals surface area contributed by atoms with Crippen LogP contribution in [0.25, 0.3) is 0 Å². The molecular weight excluding hydrogens is 431 g/mol. The third-order valence-corrected chi connectivity index (χ3v) is 5.94. The summed E-state index contributed by atoms with van der Waals surface area (Å²) in [4.78, 5) is 19.5. The molecule has 3 rings (SSSR count). The maximum Gasteiger partial charge on any atom is 0.206 e. The topological polar surface area (TPSA) is 89.7 Å². The molecule has 1 heterocycles. The SMILES string of the molecule is CCN(CC)CCOc1ccc(Nc2nc(N)c(C(=O)c3ccc(OC)c(F)c3)s2)cc1. The number of nitrogen functional groups attached to an aromatic ring is 1. The molecule has 0 unspecified atom stereocenters. The molecule has 1 aromatic heterocycles. The number of rotatable bonds is 11. The number of ether oxygens (including phenoxy) is 2. The number of hydrogen-bond acceptors (Lipinski definition) is 8. The van der Waals surface area contributed by atoms with Crippen molar-refractivity contribution in [3.8, 4) is 11.5 Å². The lowest BCUT2D eigenvalue weighted by Crippen LogP contribution is -2.27. The fourth-order valence-corrected chi connectivity index (χ4v) is 3.94. The van der Waals surface area contributed by atoms with Gasteiger partial charge in [-0.15, -0.1) is 0 Å². The van der Waals surface area contributed by atoms with Crippen LogP contribution >= 0.6 is 11.3 Å². The Kier molecular flexibility index (Phi) is 8.02. The molecule has 3 N–H and O–H groups in total. The minimum atomic E-state index is -0.612. The minimum Gasteiger partial charge on any atom is -0.494 e. The van der Waals surface area contributed by atoms with Crippen molar-refractivity contribution in [1.29, 1.82) is 0 Å². The molecule has 0 amide bonds. The number of likely N-dealkylation sites (N-methyl/N-ethyl adjacent to an activating group) is 1. The fourth-order valence-electron chi connectivity index (χ4n) is 3.08. The highest BCUT2D eigenvalue weighted by Gasteiger charge is 2.19. The van der Waals surface area contributed by atoms with Crippen molar-refractivity contribution in [2.24, 2.45) is 0 Å². The van der Waals surface area contributed by atoms with Gasteiger partial charge in [-0.2, -0.15) is 0 Å². The van der Waals surface area contributed by atoms with Crippen molar-refractivity contribution in [3.05, 3.63) is 58.7 Å². The van der Waals surface area contributed by atoms with Crippen LogP contribution in [0.1, 0.15) is 29.1 Å². The lowest BCUT2D eigenvalue weighted by atomic mass is 10.1. The molecule has 0 fully saturated rings. The second-order valence-electron chi connectivity index (χ2n) is 6.94. The van der Waals surface area contributed by atoms with Crippen molar-refractivity contribution >= 4 is 33.8 Å². The lowest BCUT2D eigenvalue weighted by molar-refractivity contribution is 0.104. The summed E-state index contributed by atoms with van der Waals surface area (Å²) in [7, 11) is 1.37. The molecular formula is C23H27FN4O3S. The largest absolute Gasteiger partial charge is 0.494 e. The first-order valence-corrected chi connectivity index (χ1v) is 11.1. The number of methoxy groups -OCH3 is 1. The molecule has 0 bridgehead atoms. The number of nitrogens with two attached hydrogens (primary N) is 1. The van der Waals surface area contributed by atoms with Gasteiger partial charge in [0.2, 0.25) is 5.78 Å². The van der Waals surface area contributed by atoms with Gasteiger partial charge in [0.05, 0.1) is 7.11 Å². The number of benzene rings is 2. The third-order valence-electron chi connectivity index (χ3n) is 4.95. The van der Waals surface area contributed by atoms with Gasteiger partial charge in [0.1, 0.15) is 23.1 Å². The van der Waals surface area contributed by atoms with Crippen LogP contribution in [0.3, 0.4) is 0 Å². The van der Waals surface area contributed by atoms with Crippen LogP contribution in [-0.4, -0.2) is 49.0 Å². The van der Waals surface area contributed by atoms with Crippen molar-refractivity contribution in [3.63, 3.8) is 0 Å². The summed E-state index contributed by atoms with van der Waals surface area (Å²) in [6.45, 7) is 7.75. The number of carbonyl (C=O) groups is 1. The Morgan fingerprint density at radius 2 is 1.91 bits per heavy atom. The Bertz CT molecular complexity index is 1050. The van der Waals surface area contributed by atoms with Gasteiger partial charge in [-0.3, -0.25) is 4.79 Å². The van der Waals surface area contributed by atoms with E-state index in [9.17, 15) is 9.18 Å². The standard InChI is InChI=1S/C23H27FN4O3S/c1-4-28(5-2)12-13-31-17-9-7-16(8-10-17)26-23-27-22(25)21(32-23)20(29)15-6-11-19(30-3)18(24)14-15/h6-11,14H,4-5,12-13,25H2,1-3H3,(H,26,27). The average Bonchev–Trinajstić information content (AvgIpc) is 3.17. The first kappa shape index (κ1) is 23.5. The number of carbonyl (C=O) groups excluding carboxylic acids is 1. The lowest BCUT2D eigenvalue weighted by Gasteiger charge is -2.18. The number of hydrogen-bond donors (Lipinski definition) is 2. The first-order valence-electron chi connectivity index (χ1n) is 10.3. The van der Waals surface area contributed by atoms with Crippen LogP contribution in [0.4, 0.5) is 21.0 Å². The Hall–Kier alpha value is -3.17. The molecule has 0 radical (unpaired) electrons. The summed E-state index contributed by atoms with van der Waals surface area (Å²) in [5, 5.41) is 3.61. The first-order chi connectivity index (χ1) is 15.4. The van der Waals surface area contributed by atoms with Crippen LogP contribution in [0, 0.1) is 5.82 Å². The molecule has 0 aliphatic rings. The van der Waals surface area contributed by atoms with Crippen LogP contribution in [0.2, 0.25) is 0 Å². The van der Waals surface area contributed by atoms with E-state index in [1.807, 2.05) is 24.3 Å². The summed E-state index contributed by atoms with van der Waals surface area (Å²) in [5.41, 5.74) is 6.91. The molecule has 3 aromatic rings. The third kappa shape index (κ3) is 5.74. The van der Waals surface area contributed by atoms with Crippen molar-refractivity contribution in [1.82, 2.24) is 9.88 Å². The normalized spacial score (nSPS) is 10.9. The molecule has 0 saturated heterocycles. The maximum absolute atomic E-state index is 14.0. The zero-order valence-electron chi connectivity index (χ0n) is 18.4. The second-order valence-corrected chi connectivity index (χ2v) is 7.94. The van der Waals surface area contributed by atoms with Crippen LogP contribution in [-0.2, 0) is 0 Å². The predicted molar refractivity (Wildman–Crippen MR) is 126 cm³/mol. The van der Waals surface area contributed by atoms with Gasteiger partial charge in [0, 0.05) is 17.8 Å². The Morgan fingerprint density at radius 3 is 2.53 bits per heavy atom. The monoisotopic (exact) mass is 458 g/mol. The van der Waals surface area contributed by atoms with E-state index in [2.05, 4.69) is 29.0 Å². The molecule has 0 saturated carbocycles. The van der Waals surface area contributed by atoms with E-state index in [4.69, 9.17) is 15.2 Å². The van der Waals surface area contributed by atoms with Gasteiger partial charge in [0.25, 0.3) is 0 Å². The zero-order valence-corrected chi connectivity index (χ0v) is 19.2. The summed E-state index contributed by atoms with van der Waals surface area (Å²) < 4.78 is 24.6. The Labute approximate surface area is 191 Å². The maximum atomic E-state index is 14.0. The number of nitrogens with zero attached hydrogens (tertiary/aromatic N) is 2. The van der Waals surface area contributed by atoms with E-state index in [0.717, 1.165) is 48.5 Å². The molecule has 0 aliphatic carbocycles. The van der Waals surface area contributed by atoms with E-state index in [1.165, 1.54) is 19.2 Å². The molecule has 32 heavy (non-hydrogen) atoms. The van der Waals surface area contributed by atoms with Gasteiger partial charge in [-0.1, -0.05) is 25.2 Å². The van der Waals surface area contributed by atoms with Crippen LogP contribution in [0.5, 0.6) is 11.5 Å². The van der Waals surface area contributed by atoms with E-state index >= 15 is 0 Å². The molecule has 170 valence electrons. The molecule has 0 aliphatic heterocycles. The number of aromatic nitrogens is 1. The number of ketones is 1. The van der Waals surface area contributed by atoms with E-state index in [-0.39, 0.29) is 22.0 Å². The number of anilines is 3.